The smallest absolute Gasteiger partial charge is 0.413 e. The molecule has 7 heteroatoms. The van der Waals surface area contributed by atoms with Gasteiger partial charge < -0.3 is 20.3 Å². The van der Waals surface area contributed by atoms with E-state index < -0.39 is 6.09 Å². The molecular weight excluding hydrogens is 356 g/mol. The van der Waals surface area contributed by atoms with E-state index in [9.17, 15) is 9.59 Å². The first-order valence-electron chi connectivity index (χ1n) is 9.33. The van der Waals surface area contributed by atoms with Gasteiger partial charge in [0.15, 0.2) is 0 Å². The van der Waals surface area contributed by atoms with Crippen molar-refractivity contribution >= 4 is 29.2 Å². The van der Waals surface area contributed by atoms with Crippen LogP contribution in [0, 0.1) is 0 Å². The number of benzene rings is 2. The third kappa shape index (κ3) is 6.50. The van der Waals surface area contributed by atoms with Crippen LogP contribution in [-0.2, 0) is 4.74 Å². The molecule has 0 atom stereocenters. The first-order chi connectivity index (χ1) is 13.5. The molecule has 0 saturated carbocycles. The summed E-state index contributed by atoms with van der Waals surface area (Å²) < 4.78 is 4.96. The van der Waals surface area contributed by atoms with Crippen molar-refractivity contribution in [1.29, 1.82) is 0 Å². The molecule has 2 rings (SSSR count). The van der Waals surface area contributed by atoms with Gasteiger partial charge in [0.2, 0.25) is 0 Å². The van der Waals surface area contributed by atoms with Crippen molar-refractivity contribution in [3.05, 3.63) is 54.6 Å². The second kappa shape index (κ2) is 10.8. The normalized spacial score (nSPS) is 10.1. The van der Waals surface area contributed by atoms with Crippen LogP contribution in [0.4, 0.5) is 26.7 Å². The second-order valence-corrected chi connectivity index (χ2v) is 6.30. The Hall–Kier alpha value is -3.22. The van der Waals surface area contributed by atoms with Crippen LogP contribution in [0.1, 0.15) is 13.3 Å². The molecule has 2 N–H and O–H groups in total. The van der Waals surface area contributed by atoms with Gasteiger partial charge in [-0.2, -0.15) is 0 Å². The Morgan fingerprint density at radius 2 is 1.64 bits per heavy atom. The quantitative estimate of drug-likeness (QED) is 0.677. The van der Waals surface area contributed by atoms with E-state index in [1.165, 1.54) is 4.90 Å². The fraction of sp³-hybridized carbons (Fsp3) is 0.333. The average Bonchev–Trinajstić information content (AvgIpc) is 2.72. The molecule has 2 aromatic carbocycles. The van der Waals surface area contributed by atoms with E-state index in [2.05, 4.69) is 27.7 Å². The van der Waals surface area contributed by atoms with Crippen molar-refractivity contribution in [2.45, 2.75) is 13.3 Å². The van der Waals surface area contributed by atoms with E-state index >= 15 is 0 Å². The minimum Gasteiger partial charge on any atom is -0.449 e. The molecule has 2 aromatic rings. The van der Waals surface area contributed by atoms with E-state index in [-0.39, 0.29) is 6.03 Å². The molecule has 0 heterocycles. The summed E-state index contributed by atoms with van der Waals surface area (Å²) in [4.78, 5) is 27.3. The zero-order chi connectivity index (χ0) is 20.4. The summed E-state index contributed by atoms with van der Waals surface area (Å²) in [6, 6.07) is 16.9. The fourth-order valence-electron chi connectivity index (χ4n) is 2.60. The molecule has 0 radical (unpaired) electrons. The van der Waals surface area contributed by atoms with Crippen LogP contribution in [0.3, 0.4) is 0 Å². The molecule has 0 bridgehead atoms. The van der Waals surface area contributed by atoms with Crippen LogP contribution in [0.2, 0.25) is 0 Å². The lowest BCUT2D eigenvalue weighted by molar-refractivity contribution is 0.161. The van der Waals surface area contributed by atoms with Crippen LogP contribution >= 0.6 is 0 Å². The number of hydrogen-bond acceptors (Lipinski definition) is 4. The average molecular weight is 384 g/mol. The maximum absolute atomic E-state index is 12.0. The predicted molar refractivity (Wildman–Crippen MR) is 113 cm³/mol. The topological polar surface area (TPSA) is 73.9 Å². The molecule has 0 spiro atoms. The van der Waals surface area contributed by atoms with E-state index in [4.69, 9.17) is 4.74 Å². The Kier molecular flexibility index (Phi) is 8.14. The lowest BCUT2D eigenvalue weighted by atomic mass is 10.2. The van der Waals surface area contributed by atoms with Gasteiger partial charge in [0.25, 0.3) is 0 Å². The highest BCUT2D eigenvalue weighted by Gasteiger charge is 2.11. The lowest BCUT2D eigenvalue weighted by Gasteiger charge is -2.19. The van der Waals surface area contributed by atoms with Crippen molar-refractivity contribution < 1.29 is 14.3 Å². The van der Waals surface area contributed by atoms with E-state index in [1.54, 1.807) is 38.2 Å². The number of hydrogen-bond donors (Lipinski definition) is 2. The van der Waals surface area contributed by atoms with Gasteiger partial charge in [0.1, 0.15) is 0 Å². The van der Waals surface area contributed by atoms with Crippen LogP contribution in [0.15, 0.2) is 54.6 Å². The number of rotatable bonds is 8. The lowest BCUT2D eigenvalue weighted by Crippen LogP contribution is -2.31. The number of nitrogens with one attached hydrogen (secondary N) is 2. The first kappa shape index (κ1) is 21.1. The third-order valence-electron chi connectivity index (χ3n) is 4.21. The summed E-state index contributed by atoms with van der Waals surface area (Å²) >= 11 is 0. The Balaban J connectivity index is 1.72. The third-order valence-corrected chi connectivity index (χ3v) is 4.21. The zero-order valence-corrected chi connectivity index (χ0v) is 16.6. The molecule has 150 valence electrons. The van der Waals surface area contributed by atoms with Crippen molar-refractivity contribution in [1.82, 2.24) is 5.32 Å². The Bertz CT molecular complexity index is 750. The predicted octanol–water partition coefficient (Wildman–Crippen LogP) is 3.93. The van der Waals surface area contributed by atoms with Gasteiger partial charge >= 0.3 is 12.1 Å². The summed E-state index contributed by atoms with van der Waals surface area (Å²) in [7, 11) is 3.67. The number of anilines is 3. The molecule has 0 unspecified atom stereocenters. The Morgan fingerprint density at radius 1 is 0.964 bits per heavy atom. The second-order valence-electron chi connectivity index (χ2n) is 6.30. The van der Waals surface area contributed by atoms with Crippen molar-refractivity contribution in [2.24, 2.45) is 0 Å². The Labute approximate surface area is 166 Å². The number of carbonyl (C=O) groups excluding carboxylic acids is 2. The molecule has 0 fully saturated rings. The van der Waals surface area contributed by atoms with Gasteiger partial charge in [-0.15, -0.1) is 0 Å². The van der Waals surface area contributed by atoms with E-state index in [1.807, 2.05) is 25.2 Å². The standard InChI is InChI=1S/C21H28N4O3/c1-4-28-21(27)25(3)19-13-11-17(12-14-19)23-20(26)22-15-8-16-24(2)18-9-6-5-7-10-18/h5-7,9-14H,4,8,15-16H2,1-3H3,(H2,22,23,26). The molecule has 0 aromatic heterocycles. The highest BCUT2D eigenvalue weighted by Crippen LogP contribution is 2.17. The fourth-order valence-corrected chi connectivity index (χ4v) is 2.60. The van der Waals surface area contributed by atoms with Crippen LogP contribution in [-0.4, -0.2) is 45.9 Å². The highest BCUT2D eigenvalue weighted by atomic mass is 16.6. The Morgan fingerprint density at radius 3 is 2.29 bits per heavy atom. The summed E-state index contributed by atoms with van der Waals surface area (Å²) in [5.74, 6) is 0. The van der Waals surface area contributed by atoms with Crippen LogP contribution in [0.25, 0.3) is 0 Å². The largest absolute Gasteiger partial charge is 0.449 e. The molecule has 3 amide bonds. The minimum absolute atomic E-state index is 0.256. The van der Waals surface area contributed by atoms with Gasteiger partial charge in [-0.3, -0.25) is 4.90 Å². The summed E-state index contributed by atoms with van der Waals surface area (Å²) in [6.07, 6.45) is 0.420. The zero-order valence-electron chi connectivity index (χ0n) is 16.6. The molecule has 0 saturated heterocycles. The van der Waals surface area contributed by atoms with Gasteiger partial charge in [-0.05, 0) is 49.7 Å². The highest BCUT2D eigenvalue weighted by molar-refractivity contribution is 5.90. The molecule has 7 nitrogen and oxygen atoms in total. The SMILES string of the molecule is CCOC(=O)N(C)c1ccc(NC(=O)NCCCN(C)c2ccccc2)cc1. The number of nitrogens with zero attached hydrogens (tertiary/aromatic N) is 2. The monoisotopic (exact) mass is 384 g/mol. The van der Waals surface area contributed by atoms with Gasteiger partial charge in [0.05, 0.1) is 6.61 Å². The first-order valence-corrected chi connectivity index (χ1v) is 9.33. The van der Waals surface area contributed by atoms with Crippen LogP contribution in [0.5, 0.6) is 0 Å². The number of amides is 3. The van der Waals surface area contributed by atoms with E-state index in [0.29, 0.717) is 24.5 Å². The van der Waals surface area contributed by atoms with Crippen LogP contribution < -0.4 is 20.4 Å². The number of para-hydroxylation sites is 1. The number of carbonyl (C=O) groups is 2. The number of urea groups is 1. The maximum atomic E-state index is 12.0. The van der Waals surface area contributed by atoms with Crippen molar-refractivity contribution in [2.75, 3.05) is 48.9 Å². The summed E-state index contributed by atoms with van der Waals surface area (Å²) in [5, 5.41) is 5.63. The molecular formula is C21H28N4O3. The summed E-state index contributed by atoms with van der Waals surface area (Å²) in [6.45, 7) is 3.51. The van der Waals surface area contributed by atoms with Crippen molar-refractivity contribution in [3.8, 4) is 0 Å². The molecule has 0 aliphatic heterocycles. The molecule has 0 aliphatic rings. The number of ether oxygens (including phenoxy) is 1. The van der Waals surface area contributed by atoms with E-state index in [0.717, 1.165) is 18.7 Å². The molecule has 28 heavy (non-hydrogen) atoms. The van der Waals surface area contributed by atoms with Gasteiger partial charge in [-0.1, -0.05) is 18.2 Å². The summed E-state index contributed by atoms with van der Waals surface area (Å²) in [5.41, 5.74) is 2.49. The molecule has 0 aliphatic carbocycles. The van der Waals surface area contributed by atoms with Crippen molar-refractivity contribution in [3.63, 3.8) is 0 Å². The van der Waals surface area contributed by atoms with Gasteiger partial charge in [-0.25, -0.2) is 9.59 Å². The maximum Gasteiger partial charge on any atom is 0.413 e. The van der Waals surface area contributed by atoms with Gasteiger partial charge in [0, 0.05) is 44.2 Å². The minimum atomic E-state index is -0.415.